The number of fused-ring (bicyclic) bond motifs is 1. The van der Waals surface area contributed by atoms with Gasteiger partial charge in [-0.1, -0.05) is 12.1 Å². The average Bonchev–Trinajstić information content (AvgIpc) is 3.17. The van der Waals surface area contributed by atoms with Crippen LogP contribution in [0.15, 0.2) is 29.6 Å². The predicted molar refractivity (Wildman–Crippen MR) is 101 cm³/mol. The number of anilines is 1. The molecule has 0 aliphatic rings. The minimum Gasteiger partial charge on any atom is -0.341 e. The maximum Gasteiger partial charge on any atom is 0.314 e. The smallest absolute Gasteiger partial charge is 0.314 e. The van der Waals surface area contributed by atoms with Crippen LogP contribution in [0.1, 0.15) is 10.7 Å². The quantitative estimate of drug-likeness (QED) is 0.660. The van der Waals surface area contributed by atoms with Gasteiger partial charge in [0.1, 0.15) is 5.01 Å². The molecule has 0 bridgehead atoms. The van der Waals surface area contributed by atoms with Gasteiger partial charge in [0, 0.05) is 24.4 Å². The SMILES string of the molecule is CN(C)Cc1csc(CNC(=O)C(=O)Nc2nn(C)c3ccccc23)n1. The van der Waals surface area contributed by atoms with E-state index in [1.54, 1.807) is 11.7 Å². The highest BCUT2D eigenvalue weighted by atomic mass is 32.1. The highest BCUT2D eigenvalue weighted by Gasteiger charge is 2.17. The standard InChI is InChI=1S/C17H20N6O2S/c1-22(2)9-11-10-26-14(19-11)8-18-16(24)17(25)20-15-12-6-4-5-7-13(12)23(3)21-15/h4-7,10H,8-9H2,1-3H3,(H,18,24)(H,20,21,25). The molecule has 0 unspecified atom stereocenters. The zero-order valence-electron chi connectivity index (χ0n) is 14.8. The number of amides is 2. The van der Waals surface area contributed by atoms with Gasteiger partial charge in [0.15, 0.2) is 5.82 Å². The zero-order chi connectivity index (χ0) is 18.7. The molecule has 0 atom stereocenters. The van der Waals surface area contributed by atoms with Crippen molar-refractivity contribution in [1.29, 1.82) is 0 Å². The first-order valence-corrected chi connectivity index (χ1v) is 8.91. The maximum atomic E-state index is 12.1. The summed E-state index contributed by atoms with van der Waals surface area (Å²) in [7, 11) is 5.71. The topological polar surface area (TPSA) is 92.2 Å². The molecule has 0 spiro atoms. The van der Waals surface area contributed by atoms with Crippen LogP contribution in [0.25, 0.3) is 10.9 Å². The lowest BCUT2D eigenvalue weighted by Crippen LogP contribution is -2.35. The van der Waals surface area contributed by atoms with Crippen LogP contribution in [-0.4, -0.2) is 45.6 Å². The Kier molecular flexibility index (Phi) is 5.29. The van der Waals surface area contributed by atoms with E-state index in [0.29, 0.717) is 5.82 Å². The lowest BCUT2D eigenvalue weighted by Gasteiger charge is -2.05. The Balaban J connectivity index is 1.59. The number of rotatable bonds is 5. The van der Waals surface area contributed by atoms with Crippen LogP contribution in [0.2, 0.25) is 0 Å². The van der Waals surface area contributed by atoms with Gasteiger partial charge in [-0.2, -0.15) is 5.10 Å². The van der Waals surface area contributed by atoms with Crippen molar-refractivity contribution in [3.63, 3.8) is 0 Å². The number of para-hydroxylation sites is 1. The van der Waals surface area contributed by atoms with E-state index in [2.05, 4.69) is 20.7 Å². The molecule has 0 saturated heterocycles. The van der Waals surface area contributed by atoms with E-state index >= 15 is 0 Å². The van der Waals surface area contributed by atoms with Crippen molar-refractivity contribution in [2.75, 3.05) is 19.4 Å². The fourth-order valence-electron chi connectivity index (χ4n) is 2.53. The van der Waals surface area contributed by atoms with Gasteiger partial charge >= 0.3 is 11.8 Å². The molecule has 3 rings (SSSR count). The Morgan fingerprint density at radius 2 is 2.00 bits per heavy atom. The number of carbonyl (C=O) groups is 2. The monoisotopic (exact) mass is 372 g/mol. The summed E-state index contributed by atoms with van der Waals surface area (Å²) in [4.78, 5) is 30.6. The first-order chi connectivity index (χ1) is 12.4. The molecule has 1 aromatic carbocycles. The van der Waals surface area contributed by atoms with Crippen molar-refractivity contribution in [2.24, 2.45) is 7.05 Å². The number of thiazole rings is 1. The van der Waals surface area contributed by atoms with E-state index in [-0.39, 0.29) is 6.54 Å². The number of hydrogen-bond acceptors (Lipinski definition) is 6. The molecule has 0 aliphatic carbocycles. The van der Waals surface area contributed by atoms with E-state index in [1.807, 2.05) is 48.6 Å². The van der Waals surface area contributed by atoms with Gasteiger partial charge in [-0.15, -0.1) is 11.3 Å². The Morgan fingerprint density at radius 3 is 2.77 bits per heavy atom. The molecule has 2 heterocycles. The molecule has 8 nitrogen and oxygen atoms in total. The van der Waals surface area contributed by atoms with Crippen LogP contribution in [0.4, 0.5) is 5.82 Å². The summed E-state index contributed by atoms with van der Waals surface area (Å²) in [6.45, 7) is 0.949. The van der Waals surface area contributed by atoms with E-state index in [4.69, 9.17) is 0 Å². The number of aryl methyl sites for hydroxylation is 1. The van der Waals surface area contributed by atoms with Gasteiger partial charge in [0.05, 0.1) is 17.8 Å². The van der Waals surface area contributed by atoms with Gasteiger partial charge in [0.2, 0.25) is 0 Å². The van der Waals surface area contributed by atoms with Crippen molar-refractivity contribution < 1.29 is 9.59 Å². The van der Waals surface area contributed by atoms with Crippen molar-refractivity contribution in [2.45, 2.75) is 13.1 Å². The highest BCUT2D eigenvalue weighted by Crippen LogP contribution is 2.21. The summed E-state index contributed by atoms with van der Waals surface area (Å²) in [5, 5.41) is 12.9. The molecule has 9 heteroatoms. The second-order valence-electron chi connectivity index (χ2n) is 6.10. The Bertz CT molecular complexity index is 946. The third kappa shape index (κ3) is 4.06. The Labute approximate surface area is 154 Å². The molecule has 0 saturated carbocycles. The molecule has 0 fully saturated rings. The number of benzene rings is 1. The van der Waals surface area contributed by atoms with Crippen LogP contribution in [0, 0.1) is 0 Å². The molecule has 0 aliphatic heterocycles. The van der Waals surface area contributed by atoms with Crippen molar-refractivity contribution in [3.8, 4) is 0 Å². The summed E-state index contributed by atoms with van der Waals surface area (Å²) in [6, 6.07) is 7.48. The fourth-order valence-corrected chi connectivity index (χ4v) is 3.26. The van der Waals surface area contributed by atoms with Gasteiger partial charge in [0.25, 0.3) is 0 Å². The second-order valence-corrected chi connectivity index (χ2v) is 7.04. The molecular formula is C17H20N6O2S. The van der Waals surface area contributed by atoms with E-state index in [0.717, 1.165) is 28.1 Å². The molecular weight excluding hydrogens is 352 g/mol. The summed E-state index contributed by atoms with van der Waals surface area (Å²) in [6.07, 6.45) is 0. The number of nitrogens with zero attached hydrogens (tertiary/aromatic N) is 4. The van der Waals surface area contributed by atoms with E-state index < -0.39 is 11.8 Å². The molecule has 3 aromatic rings. The number of hydrogen-bond donors (Lipinski definition) is 2. The second kappa shape index (κ2) is 7.63. The molecule has 2 aromatic heterocycles. The molecule has 26 heavy (non-hydrogen) atoms. The van der Waals surface area contributed by atoms with Crippen molar-refractivity contribution in [1.82, 2.24) is 25.0 Å². The van der Waals surface area contributed by atoms with Crippen molar-refractivity contribution in [3.05, 3.63) is 40.3 Å². The Morgan fingerprint density at radius 1 is 1.23 bits per heavy atom. The van der Waals surface area contributed by atoms with E-state index in [9.17, 15) is 9.59 Å². The summed E-state index contributed by atoms with van der Waals surface area (Å²) in [5.41, 5.74) is 1.81. The zero-order valence-corrected chi connectivity index (χ0v) is 15.6. The number of nitrogens with one attached hydrogen (secondary N) is 2. The van der Waals surface area contributed by atoms with Crippen LogP contribution in [0.3, 0.4) is 0 Å². The first kappa shape index (κ1) is 18.0. The van der Waals surface area contributed by atoms with Crippen LogP contribution < -0.4 is 10.6 Å². The molecule has 0 radical (unpaired) electrons. The summed E-state index contributed by atoms with van der Waals surface area (Å²) < 4.78 is 1.66. The predicted octanol–water partition coefficient (Wildman–Crippen LogP) is 1.35. The van der Waals surface area contributed by atoms with Gasteiger partial charge < -0.3 is 15.5 Å². The maximum absolute atomic E-state index is 12.1. The molecule has 136 valence electrons. The lowest BCUT2D eigenvalue weighted by atomic mass is 10.2. The number of aromatic nitrogens is 3. The van der Waals surface area contributed by atoms with Gasteiger partial charge in [-0.05, 0) is 26.2 Å². The Hall–Kier alpha value is -2.78. The molecule has 2 N–H and O–H groups in total. The number of carbonyl (C=O) groups excluding carboxylic acids is 2. The molecule has 2 amide bonds. The normalized spacial score (nSPS) is 11.1. The lowest BCUT2D eigenvalue weighted by molar-refractivity contribution is -0.136. The summed E-state index contributed by atoms with van der Waals surface area (Å²) in [5.74, 6) is -1.10. The average molecular weight is 372 g/mol. The fraction of sp³-hybridized carbons (Fsp3) is 0.294. The van der Waals surface area contributed by atoms with Crippen molar-refractivity contribution >= 4 is 39.9 Å². The first-order valence-electron chi connectivity index (χ1n) is 8.03. The third-order valence-corrected chi connectivity index (χ3v) is 4.57. The largest absolute Gasteiger partial charge is 0.341 e. The van der Waals surface area contributed by atoms with Crippen LogP contribution >= 0.6 is 11.3 Å². The summed E-state index contributed by atoms with van der Waals surface area (Å²) >= 11 is 1.45. The van der Waals surface area contributed by atoms with Gasteiger partial charge in [-0.25, -0.2) is 4.98 Å². The minimum atomic E-state index is -0.751. The highest BCUT2D eigenvalue weighted by molar-refractivity contribution is 7.09. The minimum absolute atomic E-state index is 0.216. The van der Waals surface area contributed by atoms with Gasteiger partial charge in [-0.3, -0.25) is 14.3 Å². The van der Waals surface area contributed by atoms with E-state index in [1.165, 1.54) is 11.3 Å². The third-order valence-electron chi connectivity index (χ3n) is 3.67. The van der Waals surface area contributed by atoms with Crippen LogP contribution in [-0.2, 0) is 29.7 Å². The van der Waals surface area contributed by atoms with Crippen LogP contribution in [0.5, 0.6) is 0 Å².